The zero-order valence-electron chi connectivity index (χ0n) is 25.3. The summed E-state index contributed by atoms with van der Waals surface area (Å²) < 4.78 is 6.28. The lowest BCUT2D eigenvalue weighted by molar-refractivity contribution is 0.669. The van der Waals surface area contributed by atoms with Crippen LogP contribution in [0.2, 0.25) is 0 Å². The molecule has 0 spiro atoms. The van der Waals surface area contributed by atoms with Crippen LogP contribution in [0.25, 0.3) is 100.0 Å². The minimum absolute atomic E-state index is 0.716. The van der Waals surface area contributed by atoms with Crippen molar-refractivity contribution in [2.24, 2.45) is 0 Å². The third kappa shape index (κ3) is 4.00. The van der Waals surface area contributed by atoms with Crippen LogP contribution in [0.5, 0.6) is 0 Å². The molecule has 0 saturated heterocycles. The van der Waals surface area contributed by atoms with Crippen molar-refractivity contribution in [3.05, 3.63) is 158 Å². The first-order valence-corrected chi connectivity index (χ1v) is 15.9. The first-order chi connectivity index (χ1) is 23.3. The lowest BCUT2D eigenvalue weighted by Gasteiger charge is -2.12. The van der Waals surface area contributed by atoms with Gasteiger partial charge in [0.25, 0.3) is 0 Å². The van der Waals surface area contributed by atoms with Gasteiger partial charge in [0.2, 0.25) is 0 Å². The van der Waals surface area contributed by atoms with E-state index in [-0.39, 0.29) is 0 Å². The highest BCUT2D eigenvalue weighted by atomic mass is 16.3. The van der Waals surface area contributed by atoms with E-state index in [4.69, 9.17) is 14.4 Å². The maximum Gasteiger partial charge on any atom is 0.160 e. The van der Waals surface area contributed by atoms with E-state index in [1.54, 1.807) is 0 Å². The van der Waals surface area contributed by atoms with Gasteiger partial charge in [0.15, 0.2) is 5.82 Å². The van der Waals surface area contributed by atoms with Crippen molar-refractivity contribution in [1.82, 2.24) is 9.97 Å². The predicted octanol–water partition coefficient (Wildman–Crippen LogP) is 11.8. The van der Waals surface area contributed by atoms with Crippen molar-refractivity contribution >= 4 is 32.7 Å². The molecular weight excluding hydrogens is 572 g/mol. The van der Waals surface area contributed by atoms with Crippen molar-refractivity contribution in [3.63, 3.8) is 0 Å². The van der Waals surface area contributed by atoms with Gasteiger partial charge in [-0.15, -0.1) is 0 Å². The van der Waals surface area contributed by atoms with E-state index >= 15 is 0 Å². The third-order valence-corrected chi connectivity index (χ3v) is 9.44. The Bertz CT molecular complexity index is 2610. The third-order valence-electron chi connectivity index (χ3n) is 9.44. The fraction of sp³-hybridized carbons (Fsp3) is 0. The predicted molar refractivity (Wildman–Crippen MR) is 193 cm³/mol. The molecule has 9 aromatic rings. The smallest absolute Gasteiger partial charge is 0.160 e. The standard InChI is InChI=1S/C44H26N2O/c1-3-11-27(12-4-1)37-26-38(46-44(45-37)28-13-5-2-6-14-28)30-16-9-15-29(25-30)31-21-22-33-34-23-24-40-43(35-17-7-8-20-39(35)47-40)42(34)36-19-10-18-32(31)41(33)36/h1-26H. The van der Waals surface area contributed by atoms with Crippen molar-refractivity contribution in [3.8, 4) is 67.3 Å². The van der Waals surface area contributed by atoms with Crippen LogP contribution in [0.3, 0.4) is 0 Å². The minimum Gasteiger partial charge on any atom is -0.456 e. The summed E-state index contributed by atoms with van der Waals surface area (Å²) in [6, 6.07) is 55.4. The second kappa shape index (κ2) is 10.1. The highest BCUT2D eigenvalue weighted by Crippen LogP contribution is 2.53. The largest absolute Gasteiger partial charge is 0.456 e. The molecule has 2 aromatic heterocycles. The summed E-state index contributed by atoms with van der Waals surface area (Å²) in [5.41, 5.74) is 14.2. The fourth-order valence-corrected chi connectivity index (χ4v) is 7.33. The molecule has 47 heavy (non-hydrogen) atoms. The lowest BCUT2D eigenvalue weighted by atomic mass is 9.93. The fourth-order valence-electron chi connectivity index (χ4n) is 7.33. The average molecular weight is 599 g/mol. The zero-order chi connectivity index (χ0) is 30.9. The maximum atomic E-state index is 6.28. The quantitative estimate of drug-likeness (QED) is 0.202. The van der Waals surface area contributed by atoms with Gasteiger partial charge in [-0.2, -0.15) is 0 Å². The SMILES string of the molecule is c1ccc(-c2cc(-c3cccc(-c4ccc5c6c(cccc46)-c4c-5ccc5oc6ccccc6c45)c3)nc(-c3ccccc3)n2)cc1. The molecule has 0 atom stereocenters. The molecule has 218 valence electrons. The summed E-state index contributed by atoms with van der Waals surface area (Å²) in [5, 5.41) is 4.89. The van der Waals surface area contributed by atoms with Gasteiger partial charge in [-0.25, -0.2) is 9.97 Å². The van der Waals surface area contributed by atoms with Crippen LogP contribution in [0, 0.1) is 0 Å². The molecular formula is C44H26N2O. The number of rotatable bonds is 4. The van der Waals surface area contributed by atoms with Gasteiger partial charge in [0.1, 0.15) is 11.2 Å². The lowest BCUT2D eigenvalue weighted by Crippen LogP contribution is -1.96. The van der Waals surface area contributed by atoms with Crippen LogP contribution in [0.4, 0.5) is 0 Å². The van der Waals surface area contributed by atoms with Crippen molar-refractivity contribution < 1.29 is 4.42 Å². The number of nitrogens with zero attached hydrogens (tertiary/aromatic N) is 2. The summed E-state index contributed by atoms with van der Waals surface area (Å²) >= 11 is 0. The van der Waals surface area contributed by atoms with Crippen LogP contribution in [-0.4, -0.2) is 9.97 Å². The average Bonchev–Trinajstić information content (AvgIpc) is 3.69. The first kappa shape index (κ1) is 26.0. The molecule has 0 bridgehead atoms. The Kier molecular flexibility index (Phi) is 5.57. The van der Waals surface area contributed by atoms with Gasteiger partial charge in [-0.3, -0.25) is 0 Å². The normalized spacial score (nSPS) is 11.8. The van der Waals surface area contributed by atoms with Gasteiger partial charge in [-0.1, -0.05) is 127 Å². The Morgan fingerprint density at radius 2 is 1.00 bits per heavy atom. The molecule has 0 amide bonds. The molecule has 7 aromatic carbocycles. The summed E-state index contributed by atoms with van der Waals surface area (Å²) in [5.74, 6) is 0.716. The molecule has 1 aliphatic carbocycles. The molecule has 0 unspecified atom stereocenters. The van der Waals surface area contributed by atoms with Gasteiger partial charge in [0.05, 0.1) is 11.4 Å². The van der Waals surface area contributed by atoms with E-state index in [9.17, 15) is 0 Å². The van der Waals surface area contributed by atoms with E-state index in [1.165, 1.54) is 44.0 Å². The van der Waals surface area contributed by atoms with E-state index in [1.807, 2.05) is 42.5 Å². The highest BCUT2D eigenvalue weighted by molar-refractivity contribution is 6.26. The molecule has 0 N–H and O–H groups in total. The van der Waals surface area contributed by atoms with E-state index in [0.717, 1.165) is 50.2 Å². The van der Waals surface area contributed by atoms with Crippen LogP contribution >= 0.6 is 0 Å². The number of benzene rings is 7. The molecule has 1 aliphatic rings. The Labute approximate surface area is 271 Å². The number of para-hydroxylation sites is 1. The Morgan fingerprint density at radius 3 is 1.85 bits per heavy atom. The zero-order valence-corrected chi connectivity index (χ0v) is 25.3. The molecule has 0 saturated carbocycles. The summed E-state index contributed by atoms with van der Waals surface area (Å²) in [4.78, 5) is 10.1. The van der Waals surface area contributed by atoms with Crippen molar-refractivity contribution in [2.75, 3.05) is 0 Å². The summed E-state index contributed by atoms with van der Waals surface area (Å²) in [6.07, 6.45) is 0. The number of furan rings is 1. The van der Waals surface area contributed by atoms with Crippen LogP contribution in [0.1, 0.15) is 0 Å². The Hall–Kier alpha value is -6.32. The van der Waals surface area contributed by atoms with Crippen LogP contribution in [0.15, 0.2) is 162 Å². The summed E-state index contributed by atoms with van der Waals surface area (Å²) in [6.45, 7) is 0. The number of hydrogen-bond acceptors (Lipinski definition) is 3. The molecule has 2 heterocycles. The highest BCUT2D eigenvalue weighted by Gasteiger charge is 2.26. The monoisotopic (exact) mass is 598 g/mol. The van der Waals surface area contributed by atoms with Crippen LogP contribution in [-0.2, 0) is 0 Å². The van der Waals surface area contributed by atoms with Gasteiger partial charge in [-0.05, 0) is 68.9 Å². The minimum atomic E-state index is 0.716. The number of hydrogen-bond donors (Lipinski definition) is 0. The van der Waals surface area contributed by atoms with Crippen LogP contribution < -0.4 is 0 Å². The molecule has 10 rings (SSSR count). The first-order valence-electron chi connectivity index (χ1n) is 15.9. The number of fused-ring (bicyclic) bond motifs is 7. The van der Waals surface area contributed by atoms with Crippen molar-refractivity contribution in [2.45, 2.75) is 0 Å². The number of aromatic nitrogens is 2. The molecule has 0 aliphatic heterocycles. The van der Waals surface area contributed by atoms with Gasteiger partial charge >= 0.3 is 0 Å². The Morgan fingerprint density at radius 1 is 0.362 bits per heavy atom. The molecule has 3 heteroatoms. The Balaban J connectivity index is 1.15. The molecule has 0 radical (unpaired) electrons. The summed E-state index contributed by atoms with van der Waals surface area (Å²) in [7, 11) is 0. The maximum absolute atomic E-state index is 6.28. The van der Waals surface area contributed by atoms with E-state index in [2.05, 4.69) is 115 Å². The molecule has 3 nitrogen and oxygen atoms in total. The van der Waals surface area contributed by atoms with E-state index in [0.29, 0.717) is 5.82 Å². The van der Waals surface area contributed by atoms with Gasteiger partial charge in [0, 0.05) is 33.0 Å². The topological polar surface area (TPSA) is 38.9 Å². The molecule has 0 fully saturated rings. The second-order valence-electron chi connectivity index (χ2n) is 12.1. The van der Waals surface area contributed by atoms with Crippen molar-refractivity contribution in [1.29, 1.82) is 0 Å². The van der Waals surface area contributed by atoms with E-state index < -0.39 is 0 Å². The van der Waals surface area contributed by atoms with Gasteiger partial charge < -0.3 is 4.42 Å². The second-order valence-corrected chi connectivity index (χ2v) is 12.1.